The molecule has 0 spiro atoms. The molecular formula is C3H6NaO4P. The predicted octanol–water partition coefficient (Wildman–Crippen LogP) is -3.84. The maximum atomic E-state index is 9.73. The van der Waals surface area contributed by atoms with Gasteiger partial charge in [-0.05, 0) is 0 Å². The summed E-state index contributed by atoms with van der Waals surface area (Å²) in [6, 6.07) is 0. The van der Waals surface area contributed by atoms with Gasteiger partial charge in [-0.1, -0.05) is 0 Å². The first-order chi connectivity index (χ1) is 3.79. The average molecular weight is 160 g/mol. The van der Waals surface area contributed by atoms with Crippen molar-refractivity contribution in [3.05, 3.63) is 0 Å². The molecule has 0 bridgehead atoms. The number of ether oxygens (including phenoxy) is 1. The molecule has 1 heterocycles. The Labute approximate surface area is 75.8 Å². The zero-order valence-electron chi connectivity index (χ0n) is 5.12. The second kappa shape index (κ2) is 4.85. The van der Waals surface area contributed by atoms with Gasteiger partial charge in [0.25, 0.3) is 0 Å². The van der Waals surface area contributed by atoms with E-state index in [4.69, 9.17) is 0 Å². The standard InChI is InChI=1S/C3H7O4P.Na/c4-8(5)7-2-3-1-6-3;/h3,8H,1-2H2,(H,4,5);/q;+1/p-1. The topological polar surface area (TPSA) is 61.9 Å². The van der Waals surface area contributed by atoms with E-state index in [9.17, 15) is 9.46 Å². The maximum Gasteiger partial charge on any atom is 1.00 e. The minimum Gasteiger partial charge on any atom is -0.781 e. The Kier molecular flexibility index (Phi) is 5.45. The quantitative estimate of drug-likeness (QED) is 0.241. The van der Waals surface area contributed by atoms with Crippen molar-refractivity contribution in [1.82, 2.24) is 0 Å². The van der Waals surface area contributed by atoms with E-state index in [1.54, 1.807) is 0 Å². The second-order valence-corrected chi connectivity index (χ2v) is 2.31. The first kappa shape index (κ1) is 10.1. The van der Waals surface area contributed by atoms with Crippen LogP contribution in [-0.4, -0.2) is 19.3 Å². The summed E-state index contributed by atoms with van der Waals surface area (Å²) in [4.78, 5) is 9.73. The van der Waals surface area contributed by atoms with E-state index in [2.05, 4.69) is 9.26 Å². The first-order valence-corrected chi connectivity index (χ1v) is 3.47. The molecule has 48 valence electrons. The van der Waals surface area contributed by atoms with Crippen molar-refractivity contribution in [2.45, 2.75) is 6.10 Å². The maximum absolute atomic E-state index is 9.73. The molecule has 2 unspecified atom stereocenters. The van der Waals surface area contributed by atoms with Crippen molar-refractivity contribution in [2.75, 3.05) is 13.2 Å². The van der Waals surface area contributed by atoms with Gasteiger partial charge >= 0.3 is 29.6 Å². The summed E-state index contributed by atoms with van der Waals surface area (Å²) >= 11 is 0. The van der Waals surface area contributed by atoms with Crippen LogP contribution >= 0.6 is 8.25 Å². The molecule has 0 N–H and O–H groups in total. The molecule has 1 fully saturated rings. The summed E-state index contributed by atoms with van der Waals surface area (Å²) in [5, 5.41) is 0. The van der Waals surface area contributed by atoms with Crippen molar-refractivity contribution in [3.63, 3.8) is 0 Å². The van der Waals surface area contributed by atoms with Crippen LogP contribution < -0.4 is 34.5 Å². The van der Waals surface area contributed by atoms with Crippen molar-refractivity contribution in [1.29, 1.82) is 0 Å². The fourth-order valence-electron chi connectivity index (χ4n) is 0.325. The van der Waals surface area contributed by atoms with Gasteiger partial charge in [-0.2, -0.15) is 0 Å². The van der Waals surface area contributed by atoms with E-state index in [1.165, 1.54) is 0 Å². The number of hydrogen-bond acceptors (Lipinski definition) is 4. The third-order valence-corrected chi connectivity index (χ3v) is 1.19. The van der Waals surface area contributed by atoms with Gasteiger partial charge in [-0.15, -0.1) is 0 Å². The van der Waals surface area contributed by atoms with Crippen molar-refractivity contribution in [2.24, 2.45) is 0 Å². The number of rotatable bonds is 3. The van der Waals surface area contributed by atoms with E-state index in [1.807, 2.05) is 0 Å². The zero-order valence-corrected chi connectivity index (χ0v) is 8.12. The first-order valence-electron chi connectivity index (χ1n) is 2.24. The van der Waals surface area contributed by atoms with Gasteiger partial charge in [0.15, 0.2) is 0 Å². The molecule has 1 saturated heterocycles. The molecule has 0 aromatic rings. The SMILES string of the molecule is O=[PH]([O-])OCC1CO1.[Na+]. The van der Waals surface area contributed by atoms with Gasteiger partial charge in [0, 0.05) is 0 Å². The van der Waals surface area contributed by atoms with E-state index >= 15 is 0 Å². The molecule has 4 nitrogen and oxygen atoms in total. The molecule has 6 heteroatoms. The fraction of sp³-hybridized carbons (Fsp3) is 1.00. The van der Waals surface area contributed by atoms with Crippen LogP contribution in [-0.2, 0) is 13.8 Å². The van der Waals surface area contributed by atoms with E-state index < -0.39 is 8.25 Å². The van der Waals surface area contributed by atoms with Crippen LogP contribution in [0.1, 0.15) is 0 Å². The summed E-state index contributed by atoms with van der Waals surface area (Å²) in [6.07, 6.45) is 0.0397. The van der Waals surface area contributed by atoms with Gasteiger partial charge in [-0.3, -0.25) is 0 Å². The van der Waals surface area contributed by atoms with Gasteiger partial charge in [-0.25, -0.2) is 0 Å². The average Bonchev–Trinajstić information content (AvgIpc) is 2.41. The summed E-state index contributed by atoms with van der Waals surface area (Å²) in [7, 11) is -2.97. The molecule has 0 aliphatic carbocycles. The Morgan fingerprint density at radius 3 is 2.78 bits per heavy atom. The molecule has 2 atom stereocenters. The molecule has 1 aliphatic rings. The van der Waals surface area contributed by atoms with Crippen molar-refractivity contribution in [3.8, 4) is 0 Å². The van der Waals surface area contributed by atoms with Crippen molar-refractivity contribution < 1.29 is 48.3 Å². The van der Waals surface area contributed by atoms with Crippen LogP contribution in [0.4, 0.5) is 0 Å². The number of epoxide rings is 1. The Bertz CT molecular complexity index is 104. The monoisotopic (exact) mass is 160 g/mol. The minimum absolute atomic E-state index is 0. The van der Waals surface area contributed by atoms with Gasteiger partial charge in [0.2, 0.25) is 0 Å². The third-order valence-electron chi connectivity index (χ3n) is 0.789. The smallest absolute Gasteiger partial charge is 0.781 e. The third kappa shape index (κ3) is 5.55. The van der Waals surface area contributed by atoms with Crippen molar-refractivity contribution >= 4 is 8.25 Å². The molecule has 0 radical (unpaired) electrons. The molecule has 9 heavy (non-hydrogen) atoms. The summed E-state index contributed by atoms with van der Waals surface area (Å²) < 4.78 is 18.6. The summed E-state index contributed by atoms with van der Waals surface area (Å²) in [6.45, 7) is 0.830. The summed E-state index contributed by atoms with van der Waals surface area (Å²) in [5.74, 6) is 0. The molecule has 1 rings (SSSR count). The second-order valence-electron chi connectivity index (χ2n) is 1.52. The largest absolute Gasteiger partial charge is 1.00 e. The molecule has 0 amide bonds. The van der Waals surface area contributed by atoms with E-state index in [-0.39, 0.29) is 42.3 Å². The summed E-state index contributed by atoms with van der Waals surface area (Å²) in [5.41, 5.74) is 0. The van der Waals surface area contributed by atoms with Crippen LogP contribution in [0.15, 0.2) is 0 Å². The van der Waals surface area contributed by atoms with E-state index in [0.717, 1.165) is 0 Å². The molecular weight excluding hydrogens is 154 g/mol. The molecule has 0 saturated carbocycles. The normalized spacial score (nSPS) is 26.6. The Hall–Kier alpha value is 1.11. The molecule has 0 aromatic heterocycles. The number of hydrogen-bond donors (Lipinski definition) is 0. The van der Waals surface area contributed by atoms with Gasteiger partial charge in [0.05, 0.1) is 13.2 Å². The van der Waals surface area contributed by atoms with Crippen LogP contribution in [0.25, 0.3) is 0 Å². The Morgan fingerprint density at radius 2 is 2.44 bits per heavy atom. The van der Waals surface area contributed by atoms with Crippen LogP contribution in [0.3, 0.4) is 0 Å². The van der Waals surface area contributed by atoms with Crippen LogP contribution in [0, 0.1) is 0 Å². The van der Waals surface area contributed by atoms with Gasteiger partial charge < -0.3 is 18.7 Å². The fourth-order valence-corrected chi connectivity index (χ4v) is 0.647. The minimum atomic E-state index is -2.97. The Balaban J connectivity index is 0.000000640. The van der Waals surface area contributed by atoms with Crippen LogP contribution in [0.2, 0.25) is 0 Å². The Morgan fingerprint density at radius 1 is 1.89 bits per heavy atom. The van der Waals surface area contributed by atoms with E-state index in [0.29, 0.717) is 6.61 Å². The van der Waals surface area contributed by atoms with Gasteiger partial charge in [0.1, 0.15) is 14.4 Å². The molecule has 0 aromatic carbocycles. The molecule has 1 aliphatic heterocycles. The zero-order chi connectivity index (χ0) is 5.98. The predicted molar refractivity (Wildman–Crippen MR) is 24.7 cm³/mol. The van der Waals surface area contributed by atoms with Crippen LogP contribution in [0.5, 0.6) is 0 Å².